The number of hydrogen-bond donors (Lipinski definition) is 0. The molecule has 0 amide bonds. The van der Waals surface area contributed by atoms with E-state index in [0.29, 0.717) is 0 Å². The highest BCUT2D eigenvalue weighted by atomic mass is 32.1. The van der Waals surface area contributed by atoms with E-state index in [2.05, 4.69) is 163 Å². The largest absolute Gasteiger partial charge is 0.456 e. The summed E-state index contributed by atoms with van der Waals surface area (Å²) in [6, 6.07) is 60.3. The van der Waals surface area contributed by atoms with Gasteiger partial charge in [-0.2, -0.15) is 0 Å². The fraction of sp³-hybridized carbons (Fsp3) is 0.0196. The summed E-state index contributed by atoms with van der Waals surface area (Å²) >= 11 is 3.43. The molecule has 4 aromatic heterocycles. The average molecular weight is 780 g/mol. The van der Waals surface area contributed by atoms with Crippen molar-refractivity contribution in [3.8, 4) is 32.3 Å². The molecular formula is C51H29N3O2S2. The lowest BCUT2D eigenvalue weighted by molar-refractivity contribution is 0.664. The van der Waals surface area contributed by atoms with Gasteiger partial charge in [0.15, 0.2) is 0 Å². The van der Waals surface area contributed by atoms with Gasteiger partial charge in [0.25, 0.3) is 0 Å². The minimum absolute atomic E-state index is 0.0381. The molecule has 0 saturated heterocycles. The van der Waals surface area contributed by atoms with Gasteiger partial charge in [0.05, 0.1) is 26.5 Å². The Labute approximate surface area is 339 Å². The highest BCUT2D eigenvalue weighted by Crippen LogP contribution is 2.51. The van der Waals surface area contributed by atoms with Crippen LogP contribution in [0.1, 0.15) is 17.2 Å². The number of para-hydroxylation sites is 2. The third-order valence-electron chi connectivity index (χ3n) is 11.6. The third kappa shape index (κ3) is 4.81. The van der Waals surface area contributed by atoms with Crippen LogP contribution in [0.4, 0.5) is 11.4 Å². The van der Waals surface area contributed by atoms with E-state index >= 15 is 0 Å². The van der Waals surface area contributed by atoms with Crippen LogP contribution in [0.2, 0.25) is 0 Å². The van der Waals surface area contributed by atoms with Gasteiger partial charge in [-0.3, -0.25) is 0 Å². The molecule has 13 rings (SSSR count). The fourth-order valence-corrected chi connectivity index (χ4v) is 10.9. The smallest absolute Gasteiger partial charge is 0.137 e. The van der Waals surface area contributed by atoms with Crippen molar-refractivity contribution in [2.24, 2.45) is 0 Å². The van der Waals surface area contributed by atoms with E-state index in [9.17, 15) is 0 Å². The summed E-state index contributed by atoms with van der Waals surface area (Å²) in [4.78, 5) is 12.3. The second-order valence-electron chi connectivity index (χ2n) is 14.9. The summed E-state index contributed by atoms with van der Waals surface area (Å²) in [6.45, 7) is 0. The number of fused-ring (bicyclic) bond motifs is 11. The summed E-state index contributed by atoms with van der Waals surface area (Å²) in [5.41, 5.74) is 14.8. The van der Waals surface area contributed by atoms with Crippen LogP contribution in [0.5, 0.6) is 0 Å². The van der Waals surface area contributed by atoms with Crippen LogP contribution in [0.25, 0.3) is 96.6 Å². The van der Waals surface area contributed by atoms with Crippen LogP contribution in [0.3, 0.4) is 0 Å². The topological polar surface area (TPSA) is 55.3 Å². The predicted octanol–water partition coefficient (Wildman–Crippen LogP) is 14.9. The van der Waals surface area contributed by atoms with E-state index in [1.807, 2.05) is 12.1 Å². The number of rotatable bonds is 5. The number of thiazole rings is 2. The fourth-order valence-electron chi connectivity index (χ4n) is 8.93. The maximum Gasteiger partial charge on any atom is 0.137 e. The van der Waals surface area contributed by atoms with Gasteiger partial charge in [0, 0.05) is 50.1 Å². The molecule has 0 radical (unpaired) electrons. The number of anilines is 2. The molecule has 0 saturated carbocycles. The monoisotopic (exact) mass is 779 g/mol. The van der Waals surface area contributed by atoms with E-state index in [4.69, 9.17) is 18.8 Å². The molecule has 7 heteroatoms. The SMILES string of the molecule is c1ccc2c(c1)-c1ccccc1C2N(c1ccc(-c2nc3ccccc3s2)cc1)c1ccc2c(c1)oc1cc3c(cc12)oc1cc(-c2nc4ccccc4s2)ccc13. The Morgan fingerprint density at radius 2 is 0.897 bits per heavy atom. The minimum atomic E-state index is -0.0381. The Balaban J connectivity index is 0.936. The summed E-state index contributed by atoms with van der Waals surface area (Å²) in [5.74, 6) is 0. The predicted molar refractivity (Wildman–Crippen MR) is 241 cm³/mol. The second-order valence-corrected chi connectivity index (χ2v) is 17.0. The van der Waals surface area contributed by atoms with E-state index in [0.717, 1.165) is 87.4 Å². The van der Waals surface area contributed by atoms with Gasteiger partial charge in [0.1, 0.15) is 32.3 Å². The van der Waals surface area contributed by atoms with Gasteiger partial charge in [-0.1, -0.05) is 78.9 Å². The van der Waals surface area contributed by atoms with Crippen molar-refractivity contribution in [1.29, 1.82) is 0 Å². The third-order valence-corrected chi connectivity index (χ3v) is 13.8. The van der Waals surface area contributed by atoms with E-state index in [-0.39, 0.29) is 6.04 Å². The summed E-state index contributed by atoms with van der Waals surface area (Å²) in [5, 5.41) is 6.18. The number of furan rings is 2. The van der Waals surface area contributed by atoms with Crippen LogP contribution < -0.4 is 4.90 Å². The quantitative estimate of drug-likeness (QED) is 0.174. The Morgan fingerprint density at radius 1 is 0.414 bits per heavy atom. The molecule has 0 spiro atoms. The van der Waals surface area contributed by atoms with Gasteiger partial charge >= 0.3 is 0 Å². The maximum atomic E-state index is 6.76. The number of benzene rings is 8. The summed E-state index contributed by atoms with van der Waals surface area (Å²) < 4.78 is 15.7. The molecule has 0 atom stereocenters. The summed E-state index contributed by atoms with van der Waals surface area (Å²) in [6.07, 6.45) is 0. The number of nitrogens with zero attached hydrogens (tertiary/aromatic N) is 3. The van der Waals surface area contributed by atoms with Crippen molar-refractivity contribution < 1.29 is 8.83 Å². The van der Waals surface area contributed by atoms with Gasteiger partial charge in [-0.05, 0) is 107 Å². The molecule has 58 heavy (non-hydrogen) atoms. The molecule has 1 aliphatic carbocycles. The number of hydrogen-bond acceptors (Lipinski definition) is 7. The Kier molecular flexibility index (Phi) is 6.76. The second kappa shape index (κ2) is 12.2. The molecule has 12 aromatic rings. The van der Waals surface area contributed by atoms with Gasteiger partial charge in [0.2, 0.25) is 0 Å². The van der Waals surface area contributed by atoms with Gasteiger partial charge < -0.3 is 13.7 Å². The van der Waals surface area contributed by atoms with Crippen molar-refractivity contribution >= 4 is 98.4 Å². The average Bonchev–Trinajstić information content (AvgIpc) is 4.10. The van der Waals surface area contributed by atoms with Crippen molar-refractivity contribution in [2.45, 2.75) is 6.04 Å². The zero-order chi connectivity index (χ0) is 37.9. The molecule has 0 aliphatic heterocycles. The lowest BCUT2D eigenvalue weighted by Gasteiger charge is -2.33. The molecule has 4 heterocycles. The lowest BCUT2D eigenvalue weighted by atomic mass is 10.0. The first kappa shape index (κ1) is 32.1. The van der Waals surface area contributed by atoms with Crippen LogP contribution in [0.15, 0.2) is 179 Å². The van der Waals surface area contributed by atoms with Crippen LogP contribution in [0, 0.1) is 0 Å². The Morgan fingerprint density at radius 3 is 1.52 bits per heavy atom. The van der Waals surface area contributed by atoms with Crippen molar-refractivity contribution in [1.82, 2.24) is 9.97 Å². The normalized spacial score (nSPS) is 12.8. The number of aromatic nitrogens is 2. The molecule has 0 N–H and O–H groups in total. The van der Waals surface area contributed by atoms with E-state index in [1.54, 1.807) is 22.7 Å². The summed E-state index contributed by atoms with van der Waals surface area (Å²) in [7, 11) is 0. The van der Waals surface area contributed by atoms with E-state index < -0.39 is 0 Å². The molecule has 0 fully saturated rings. The highest BCUT2D eigenvalue weighted by molar-refractivity contribution is 7.22. The molecule has 0 bridgehead atoms. The molecule has 272 valence electrons. The molecule has 1 aliphatic rings. The van der Waals surface area contributed by atoms with Gasteiger partial charge in [-0.25, -0.2) is 9.97 Å². The van der Waals surface area contributed by atoms with Crippen molar-refractivity contribution in [3.05, 3.63) is 181 Å². The van der Waals surface area contributed by atoms with Gasteiger partial charge in [-0.15, -0.1) is 22.7 Å². The zero-order valence-electron chi connectivity index (χ0n) is 30.7. The lowest BCUT2D eigenvalue weighted by Crippen LogP contribution is -2.23. The molecule has 5 nitrogen and oxygen atoms in total. The Hall–Kier alpha value is -7.06. The first-order valence-electron chi connectivity index (χ1n) is 19.3. The van der Waals surface area contributed by atoms with E-state index in [1.165, 1.54) is 31.7 Å². The molecule has 0 unspecified atom stereocenters. The molecular weight excluding hydrogens is 751 g/mol. The standard InChI is InChI=1S/C51H29N3O2S2/c1-3-11-37-33(9-1)34-10-2-4-12-38(34)49(37)54(31-20-17-29(18-21-31)50-52-41-13-5-7-15-47(41)57-50)32-22-24-36-40-28-45-39(27-46(40)56-44(36)26-32)35-23-19-30(25-43(35)55-45)51-53-42-14-6-8-16-48(42)58-51/h1-28,49H. The first-order chi connectivity index (χ1) is 28.7. The first-order valence-corrected chi connectivity index (χ1v) is 21.0. The minimum Gasteiger partial charge on any atom is -0.456 e. The van der Waals surface area contributed by atoms with Crippen LogP contribution >= 0.6 is 22.7 Å². The van der Waals surface area contributed by atoms with Crippen molar-refractivity contribution in [3.63, 3.8) is 0 Å². The van der Waals surface area contributed by atoms with Crippen LogP contribution in [-0.4, -0.2) is 9.97 Å². The Bertz CT molecular complexity index is 3500. The highest BCUT2D eigenvalue weighted by Gasteiger charge is 2.34. The zero-order valence-corrected chi connectivity index (χ0v) is 32.4. The molecule has 8 aromatic carbocycles. The maximum absolute atomic E-state index is 6.76. The van der Waals surface area contributed by atoms with Crippen LogP contribution in [-0.2, 0) is 0 Å². The van der Waals surface area contributed by atoms with Crippen molar-refractivity contribution in [2.75, 3.05) is 4.90 Å².